The van der Waals surface area contributed by atoms with Crippen LogP contribution in [0.2, 0.25) is 0 Å². The van der Waals surface area contributed by atoms with Gasteiger partial charge in [0.1, 0.15) is 5.78 Å². The van der Waals surface area contributed by atoms with E-state index < -0.39 is 0 Å². The Morgan fingerprint density at radius 3 is 2.44 bits per heavy atom. The molecule has 0 fully saturated rings. The maximum Gasteiger partial charge on any atom is 0.188 e. The molecule has 0 aromatic rings. The minimum Gasteiger partial charge on any atom is -0.370 e. The zero-order valence-corrected chi connectivity index (χ0v) is 10.7. The van der Waals surface area contributed by atoms with Crippen molar-refractivity contribution in [3.8, 4) is 0 Å². The Morgan fingerprint density at radius 1 is 1.44 bits per heavy atom. The van der Waals surface area contributed by atoms with Gasteiger partial charge in [0.05, 0.1) is 6.04 Å². The van der Waals surface area contributed by atoms with E-state index in [0.717, 1.165) is 6.42 Å². The molecule has 0 aliphatic carbocycles. The van der Waals surface area contributed by atoms with Crippen LogP contribution in [0.5, 0.6) is 0 Å². The Hall–Kier alpha value is -1.10. The fourth-order valence-corrected chi connectivity index (χ4v) is 1.14. The number of hydrogen-bond acceptors (Lipinski definition) is 3. The summed E-state index contributed by atoms with van der Waals surface area (Å²) >= 11 is 0. The van der Waals surface area contributed by atoms with E-state index in [-0.39, 0.29) is 17.4 Å². The lowest BCUT2D eigenvalue weighted by Gasteiger charge is -2.21. The van der Waals surface area contributed by atoms with Crippen molar-refractivity contribution in [2.45, 2.75) is 52.1 Å². The third-order valence-electron chi connectivity index (χ3n) is 1.98. The molecule has 0 radical (unpaired) electrons. The highest BCUT2D eigenvalue weighted by Crippen LogP contribution is 1.98. The third-order valence-corrected chi connectivity index (χ3v) is 1.98. The Bertz CT molecular complexity index is 255. The number of aliphatic imine (C=N–C) groups is 1. The van der Waals surface area contributed by atoms with Crippen molar-refractivity contribution < 1.29 is 4.79 Å². The van der Waals surface area contributed by atoms with Crippen molar-refractivity contribution in [3.05, 3.63) is 0 Å². The molecule has 0 bridgehead atoms. The monoisotopic (exact) mass is 228 g/mol. The molecule has 0 unspecified atom stereocenters. The number of nitrogens with two attached hydrogens (primary N) is 2. The normalized spacial score (nSPS) is 14.7. The summed E-state index contributed by atoms with van der Waals surface area (Å²) in [6, 6.07) is -0.369. The number of nitrogens with zero attached hydrogens (tertiary/aromatic N) is 1. The van der Waals surface area contributed by atoms with E-state index in [1.807, 2.05) is 20.8 Å². The summed E-state index contributed by atoms with van der Waals surface area (Å²) in [5.41, 5.74) is 11.2. The van der Waals surface area contributed by atoms with Gasteiger partial charge in [0.15, 0.2) is 5.96 Å². The number of hydrogen-bond donors (Lipinski definition) is 3. The molecule has 0 aliphatic heterocycles. The Kier molecular flexibility index (Phi) is 6.03. The Balaban J connectivity index is 3.80. The Labute approximate surface area is 97.7 Å². The van der Waals surface area contributed by atoms with Gasteiger partial charge >= 0.3 is 0 Å². The second-order valence-corrected chi connectivity index (χ2v) is 5.00. The minimum atomic E-state index is -0.369. The van der Waals surface area contributed by atoms with Crippen LogP contribution in [0, 0.1) is 0 Å². The van der Waals surface area contributed by atoms with Crippen molar-refractivity contribution in [3.63, 3.8) is 0 Å². The predicted molar refractivity (Wildman–Crippen MR) is 67.3 cm³/mol. The maximum atomic E-state index is 10.9. The molecule has 0 saturated carbocycles. The van der Waals surface area contributed by atoms with Gasteiger partial charge < -0.3 is 16.8 Å². The van der Waals surface area contributed by atoms with Crippen LogP contribution in [0.1, 0.15) is 40.5 Å². The van der Waals surface area contributed by atoms with Crippen LogP contribution in [-0.4, -0.2) is 29.9 Å². The minimum absolute atomic E-state index is 0.0183. The molecule has 0 aromatic carbocycles. The van der Waals surface area contributed by atoms with Gasteiger partial charge in [-0.25, -0.2) is 0 Å². The van der Waals surface area contributed by atoms with E-state index >= 15 is 0 Å². The standard InChI is InChI=1S/C11H24N4O/c1-8(16)9(12)6-5-7-14-10(13)15-11(2,3)4/h9H,5-7,12H2,1-4H3,(H3,13,14,15)/t9-/m0/s1. The number of carbonyl (C=O) groups excluding carboxylic acids is 1. The lowest BCUT2D eigenvalue weighted by Crippen LogP contribution is -2.45. The summed E-state index contributed by atoms with van der Waals surface area (Å²) in [6.07, 6.45) is 1.43. The molecule has 5 nitrogen and oxygen atoms in total. The van der Waals surface area contributed by atoms with E-state index in [2.05, 4.69) is 10.3 Å². The largest absolute Gasteiger partial charge is 0.370 e. The lowest BCUT2D eigenvalue weighted by molar-refractivity contribution is -0.118. The second kappa shape index (κ2) is 6.48. The van der Waals surface area contributed by atoms with Gasteiger partial charge in [-0.3, -0.25) is 9.79 Å². The molecule has 0 amide bonds. The van der Waals surface area contributed by atoms with Crippen molar-refractivity contribution in [1.29, 1.82) is 0 Å². The van der Waals surface area contributed by atoms with E-state index in [0.29, 0.717) is 18.9 Å². The molecule has 0 aromatic heterocycles. The highest BCUT2D eigenvalue weighted by atomic mass is 16.1. The average Bonchev–Trinajstić information content (AvgIpc) is 2.08. The van der Waals surface area contributed by atoms with Crippen LogP contribution >= 0.6 is 0 Å². The molecule has 0 heterocycles. The lowest BCUT2D eigenvalue weighted by atomic mass is 10.1. The molecule has 0 saturated heterocycles. The van der Waals surface area contributed by atoms with E-state index in [9.17, 15) is 4.79 Å². The maximum absolute atomic E-state index is 10.9. The van der Waals surface area contributed by atoms with Crippen LogP contribution < -0.4 is 16.8 Å². The van der Waals surface area contributed by atoms with Crippen molar-refractivity contribution >= 4 is 11.7 Å². The first kappa shape index (κ1) is 14.9. The fourth-order valence-electron chi connectivity index (χ4n) is 1.14. The molecule has 1 atom stereocenters. The first-order valence-electron chi connectivity index (χ1n) is 5.56. The average molecular weight is 228 g/mol. The Morgan fingerprint density at radius 2 is 2.00 bits per heavy atom. The highest BCUT2D eigenvalue weighted by molar-refractivity contribution is 5.81. The van der Waals surface area contributed by atoms with Gasteiger partial charge in [0, 0.05) is 12.1 Å². The van der Waals surface area contributed by atoms with Crippen molar-refractivity contribution in [2.24, 2.45) is 16.5 Å². The molecule has 0 spiro atoms. The first-order valence-corrected chi connectivity index (χ1v) is 5.56. The fraction of sp³-hybridized carbons (Fsp3) is 0.818. The molecule has 5 N–H and O–H groups in total. The van der Waals surface area contributed by atoms with Crippen LogP contribution in [-0.2, 0) is 4.79 Å². The summed E-state index contributed by atoms with van der Waals surface area (Å²) in [7, 11) is 0. The molecule has 16 heavy (non-hydrogen) atoms. The van der Waals surface area contributed by atoms with Gasteiger partial charge in [-0.1, -0.05) is 0 Å². The smallest absolute Gasteiger partial charge is 0.188 e. The molecular weight excluding hydrogens is 204 g/mol. The molecule has 5 heteroatoms. The molecule has 94 valence electrons. The highest BCUT2D eigenvalue weighted by Gasteiger charge is 2.10. The van der Waals surface area contributed by atoms with E-state index in [1.165, 1.54) is 6.92 Å². The summed E-state index contributed by atoms with van der Waals surface area (Å²) in [6.45, 7) is 8.14. The van der Waals surface area contributed by atoms with E-state index in [1.54, 1.807) is 0 Å². The number of ketones is 1. The van der Waals surface area contributed by atoms with Gasteiger partial charge in [0.25, 0.3) is 0 Å². The number of carbonyl (C=O) groups is 1. The van der Waals surface area contributed by atoms with Crippen LogP contribution in [0.25, 0.3) is 0 Å². The molecule has 0 aliphatic rings. The van der Waals surface area contributed by atoms with Gasteiger partial charge in [0.2, 0.25) is 0 Å². The molecule has 0 rings (SSSR count). The van der Waals surface area contributed by atoms with Crippen molar-refractivity contribution in [2.75, 3.05) is 6.54 Å². The van der Waals surface area contributed by atoms with Crippen LogP contribution in [0.4, 0.5) is 0 Å². The van der Waals surface area contributed by atoms with E-state index in [4.69, 9.17) is 11.5 Å². The second-order valence-electron chi connectivity index (χ2n) is 5.00. The topological polar surface area (TPSA) is 93.5 Å². The number of Topliss-reactive ketones (excluding diaryl/α,β-unsaturated/α-hetero) is 1. The van der Waals surface area contributed by atoms with Gasteiger partial charge in [-0.05, 0) is 40.5 Å². The number of guanidine groups is 1. The van der Waals surface area contributed by atoms with Gasteiger partial charge in [-0.2, -0.15) is 0 Å². The quantitative estimate of drug-likeness (QED) is 0.360. The first-order chi connectivity index (χ1) is 7.22. The predicted octanol–water partition coefficient (Wildman–Crippen LogP) is 0.386. The number of nitrogens with one attached hydrogen (secondary N) is 1. The SMILES string of the molecule is CC(=O)[C@@H](N)CCCN=C(N)NC(C)(C)C. The molecular formula is C11H24N4O. The summed E-state index contributed by atoms with van der Waals surface area (Å²) < 4.78 is 0. The van der Waals surface area contributed by atoms with Gasteiger partial charge in [-0.15, -0.1) is 0 Å². The van der Waals surface area contributed by atoms with Crippen LogP contribution in [0.15, 0.2) is 4.99 Å². The summed E-state index contributed by atoms with van der Waals surface area (Å²) in [5, 5.41) is 3.06. The zero-order chi connectivity index (χ0) is 12.8. The number of rotatable bonds is 5. The summed E-state index contributed by atoms with van der Waals surface area (Å²) in [4.78, 5) is 15.0. The van der Waals surface area contributed by atoms with Crippen LogP contribution in [0.3, 0.4) is 0 Å². The third kappa shape index (κ3) is 8.23. The summed E-state index contributed by atoms with van der Waals surface area (Å²) in [5.74, 6) is 0.452. The zero-order valence-electron chi connectivity index (χ0n) is 10.7. The van der Waals surface area contributed by atoms with Crippen molar-refractivity contribution in [1.82, 2.24) is 5.32 Å².